The number of rotatable bonds is 20. The number of carbonyl (C=O) groups is 12. The molecule has 14 atom stereocenters. The summed E-state index contributed by atoms with van der Waals surface area (Å²) >= 11 is 0. The summed E-state index contributed by atoms with van der Waals surface area (Å²) in [5.74, 6) is -12.5. The molecule has 8 amide bonds. The van der Waals surface area contributed by atoms with Crippen LogP contribution in [0.5, 0.6) is 5.75 Å². The minimum Gasteiger partial charge on any atom is -0.497 e. The Balaban J connectivity index is 1.84. The maximum Gasteiger partial charge on any atom is 0.329 e. The van der Waals surface area contributed by atoms with Gasteiger partial charge in [-0.2, -0.15) is 0 Å². The highest BCUT2D eigenvalue weighted by Gasteiger charge is 2.46. The second kappa shape index (κ2) is 33.4. The van der Waals surface area contributed by atoms with Crippen LogP contribution in [0.15, 0.2) is 24.3 Å². The fourth-order valence-corrected chi connectivity index (χ4v) is 11.2. The predicted molar refractivity (Wildman–Crippen MR) is 320 cm³/mol. The molecule has 0 saturated carbocycles. The van der Waals surface area contributed by atoms with Gasteiger partial charge in [0.1, 0.15) is 54.1 Å². The highest BCUT2D eigenvalue weighted by Crippen LogP contribution is 2.28. The van der Waals surface area contributed by atoms with Crippen LogP contribution < -0.4 is 32.2 Å². The Morgan fingerprint density at radius 2 is 1.50 bits per heavy atom. The minimum atomic E-state index is -1.82. The first-order chi connectivity index (χ1) is 41.2. The second-order valence-corrected chi connectivity index (χ2v) is 25.0. The topological polar surface area (TPSA) is 363 Å². The molecule has 492 valence electrons. The van der Waals surface area contributed by atoms with Gasteiger partial charge in [-0.05, 0) is 107 Å². The summed E-state index contributed by atoms with van der Waals surface area (Å²) in [4.78, 5) is 175. The molecule has 8 N–H and O–H groups in total. The number of hydrogen-bond donors (Lipinski definition) is 6. The average Bonchev–Trinajstić information content (AvgIpc) is 2.94. The largest absolute Gasteiger partial charge is 0.497 e. The normalized spacial score (nSPS) is 26.3. The number of Topliss-reactive ketones (excluding diaryl/α,β-unsaturated/α-hetero) is 1. The third-order valence-corrected chi connectivity index (χ3v) is 16.8. The van der Waals surface area contributed by atoms with Crippen LogP contribution in [0.1, 0.15) is 146 Å². The van der Waals surface area contributed by atoms with Gasteiger partial charge in [0.05, 0.1) is 31.6 Å². The van der Waals surface area contributed by atoms with Crippen LogP contribution in [0.25, 0.3) is 0 Å². The van der Waals surface area contributed by atoms with Crippen LogP contribution in [-0.4, -0.2) is 203 Å². The molecule has 1 aromatic carbocycles. The monoisotopic (exact) mass is 1240 g/mol. The molecule has 3 saturated heterocycles. The van der Waals surface area contributed by atoms with E-state index < -0.39 is 168 Å². The van der Waals surface area contributed by atoms with Gasteiger partial charge in [-0.1, -0.05) is 73.9 Å². The maximum atomic E-state index is 15.1. The number of cyclic esters (lactones) is 2. The molecular formula is C62H97N9O17. The van der Waals surface area contributed by atoms with Crippen LogP contribution in [0.2, 0.25) is 0 Å². The molecular weight excluding hydrogens is 1140 g/mol. The summed E-state index contributed by atoms with van der Waals surface area (Å²) in [5.41, 5.74) is 11.6. The Hall–Kier alpha value is -7.22. The molecule has 0 aliphatic carbocycles. The van der Waals surface area contributed by atoms with Gasteiger partial charge in [-0.3, -0.25) is 52.7 Å². The molecule has 0 aromatic heterocycles. The second-order valence-electron chi connectivity index (χ2n) is 25.0. The molecule has 1 aromatic rings. The Bertz CT molecular complexity index is 2650. The minimum absolute atomic E-state index is 0.00337. The Morgan fingerprint density at radius 3 is 2.08 bits per heavy atom. The van der Waals surface area contributed by atoms with E-state index in [2.05, 4.69) is 16.0 Å². The highest BCUT2D eigenvalue weighted by atomic mass is 16.6. The van der Waals surface area contributed by atoms with Gasteiger partial charge < -0.3 is 71.1 Å². The highest BCUT2D eigenvalue weighted by molar-refractivity contribution is 6.05. The lowest BCUT2D eigenvalue weighted by Crippen LogP contribution is -2.62. The van der Waals surface area contributed by atoms with Gasteiger partial charge in [0.15, 0.2) is 18.0 Å². The third-order valence-electron chi connectivity index (χ3n) is 16.8. The zero-order chi connectivity index (χ0) is 66.2. The van der Waals surface area contributed by atoms with Crippen LogP contribution >= 0.6 is 0 Å². The summed E-state index contributed by atoms with van der Waals surface area (Å²) in [7, 11) is 4.22. The summed E-state index contributed by atoms with van der Waals surface area (Å²) < 4.78 is 22.6. The van der Waals surface area contributed by atoms with Crippen molar-refractivity contribution in [2.45, 2.75) is 220 Å². The summed E-state index contributed by atoms with van der Waals surface area (Å²) in [6.45, 7) is 18.1. The van der Waals surface area contributed by atoms with Crippen LogP contribution in [-0.2, 0) is 78.2 Å². The summed E-state index contributed by atoms with van der Waals surface area (Å²) in [6, 6.07) is -3.93. The van der Waals surface area contributed by atoms with Gasteiger partial charge in [-0.15, -0.1) is 0 Å². The number of esters is 3. The van der Waals surface area contributed by atoms with Crippen molar-refractivity contribution < 1.29 is 81.6 Å². The van der Waals surface area contributed by atoms with Gasteiger partial charge >= 0.3 is 17.9 Å². The van der Waals surface area contributed by atoms with Crippen molar-refractivity contribution in [1.29, 1.82) is 0 Å². The predicted octanol–water partition coefficient (Wildman–Crippen LogP) is 1.46. The number of likely N-dealkylation sites (N-methyl/N-ethyl adjacent to an activating group) is 2. The Morgan fingerprint density at radius 1 is 0.864 bits per heavy atom. The smallest absolute Gasteiger partial charge is 0.329 e. The van der Waals surface area contributed by atoms with E-state index in [1.165, 1.54) is 51.8 Å². The fraction of sp³-hybridized carbons (Fsp3) is 0.710. The van der Waals surface area contributed by atoms with E-state index in [9.17, 15) is 48.3 Å². The quantitative estimate of drug-likeness (QED) is 0.0611. The van der Waals surface area contributed by atoms with Crippen molar-refractivity contribution in [3.05, 3.63) is 29.8 Å². The average molecular weight is 1240 g/mol. The first-order valence-corrected chi connectivity index (χ1v) is 30.8. The number of nitrogens with one attached hydrogen (secondary N) is 3. The number of methoxy groups -OCH3 is 1. The van der Waals surface area contributed by atoms with E-state index in [-0.39, 0.29) is 69.9 Å². The first-order valence-electron chi connectivity index (χ1n) is 30.8. The number of hydrogen-bond acceptors (Lipinski definition) is 18. The van der Waals surface area contributed by atoms with Gasteiger partial charge in [0, 0.05) is 40.0 Å². The van der Waals surface area contributed by atoms with Gasteiger partial charge in [-0.25, -0.2) is 4.79 Å². The number of ketones is 1. The Kier molecular flexibility index (Phi) is 27.8. The number of benzene rings is 1. The van der Waals surface area contributed by atoms with Crippen LogP contribution in [0.3, 0.4) is 0 Å². The standard InChI is InChI=1S/C62H97N9O17/c1-15-35(8)50-47(72)31-49(74)88-53(34(6)7)52(75)36(9)54(76)65-42(28-32(2)3)58(80)71-27-17-19-44(71)60(82)69(13)46(30-39-20-22-40(85-14)23-21-39)62(84)86-37(10)51(56(78)66-50)67-55(77)45(29-33(4)5)68(12)59(81)43-18-16-26-70(43)57(79)38(11)87-61(83)41(63)24-25-48(64)73/h20-23,32-38,41-47,50-51,53,72H,15-19,24-31,63H2,1-14H3,(H2,64,73)(H,65,76)(H,66,78)(H,67,77)/t35-,36-,37+,38-,41-,42-,43-,44-,45+,46-,47-,50+,51-,53-/m0/s1. The molecule has 0 unspecified atom stereocenters. The van der Waals surface area contributed by atoms with Crippen molar-refractivity contribution in [2.24, 2.45) is 41.1 Å². The zero-order valence-electron chi connectivity index (χ0n) is 53.7. The fourth-order valence-electron chi connectivity index (χ4n) is 11.2. The van der Waals surface area contributed by atoms with Crippen molar-refractivity contribution in [3.63, 3.8) is 0 Å². The zero-order valence-corrected chi connectivity index (χ0v) is 53.7. The molecule has 3 fully saturated rings. The lowest BCUT2D eigenvalue weighted by Gasteiger charge is -2.36. The molecule has 3 aliphatic heterocycles. The van der Waals surface area contributed by atoms with Crippen molar-refractivity contribution in [3.8, 4) is 5.75 Å². The number of ether oxygens (including phenoxy) is 4. The molecule has 4 rings (SSSR count). The number of carbonyl (C=O) groups excluding carboxylic acids is 12. The van der Waals surface area contributed by atoms with Gasteiger partial charge in [0.2, 0.25) is 41.4 Å². The maximum absolute atomic E-state index is 15.1. The molecule has 0 spiro atoms. The SMILES string of the molecule is CC[C@H](C)[C@H]1NC(=O)[C@@H](NC(=O)[C@@H](CC(C)C)N(C)C(=O)[C@@H]2CCCN2C(=O)[C@H](C)OC(=O)[C@@H](N)CCC(N)=O)[C@@H](C)OC(=O)[C@H](Cc2ccc(OC)cc2)N(C)C(=O)[C@@H]2CCCN2C(=O)[C@H](CC(C)C)NC(=O)[C@@H](C)C(=O)[C@H](C(C)C)OC(=O)C[C@@H]1O. The summed E-state index contributed by atoms with van der Waals surface area (Å²) in [5, 5.41) is 20.2. The number of nitrogens with zero attached hydrogens (tertiary/aromatic N) is 4. The van der Waals surface area contributed by atoms with E-state index in [4.69, 9.17) is 30.4 Å². The van der Waals surface area contributed by atoms with E-state index in [1.807, 2.05) is 13.8 Å². The Labute approximate surface area is 516 Å². The molecule has 88 heavy (non-hydrogen) atoms. The molecule has 3 aliphatic rings. The third kappa shape index (κ3) is 19.6. The number of aliphatic hydroxyl groups is 1. The van der Waals surface area contributed by atoms with Crippen LogP contribution in [0.4, 0.5) is 0 Å². The molecule has 0 bridgehead atoms. The van der Waals surface area contributed by atoms with Crippen molar-refractivity contribution in [1.82, 2.24) is 35.6 Å². The van der Waals surface area contributed by atoms with Gasteiger partial charge in [0.25, 0.3) is 5.91 Å². The first kappa shape index (κ1) is 73.3. The van der Waals surface area contributed by atoms with E-state index in [0.29, 0.717) is 30.6 Å². The molecule has 26 nitrogen and oxygen atoms in total. The lowest BCUT2D eigenvalue weighted by molar-refractivity contribution is -0.163. The van der Waals surface area contributed by atoms with E-state index >= 15 is 14.4 Å². The van der Waals surface area contributed by atoms with Crippen molar-refractivity contribution in [2.75, 3.05) is 34.3 Å². The summed E-state index contributed by atoms with van der Waals surface area (Å²) in [6.07, 6.45) is -5.89. The number of amides is 8. The number of primary amides is 1. The van der Waals surface area contributed by atoms with E-state index in [1.54, 1.807) is 65.8 Å². The van der Waals surface area contributed by atoms with Crippen molar-refractivity contribution >= 4 is 70.9 Å². The number of fused-ring (bicyclic) bond motifs is 1. The molecule has 0 radical (unpaired) electrons. The van der Waals surface area contributed by atoms with E-state index in [0.717, 1.165) is 9.80 Å². The number of nitrogens with two attached hydrogens (primary N) is 2. The molecule has 26 heteroatoms. The number of likely N-dealkylation sites (tertiary alicyclic amines) is 1. The lowest BCUT2D eigenvalue weighted by atomic mass is 9.91. The van der Waals surface area contributed by atoms with Crippen LogP contribution in [0, 0.1) is 29.6 Å². The molecule has 3 heterocycles. The number of aliphatic hydroxyl groups excluding tert-OH is 1.